The number of carbonyl (C=O) groups excluding carboxylic acids is 3. The predicted molar refractivity (Wildman–Crippen MR) is 134 cm³/mol. The number of halogens is 2. The molecule has 1 fully saturated rings. The first-order valence-electron chi connectivity index (χ1n) is 11.3. The van der Waals surface area contributed by atoms with Gasteiger partial charge in [-0.3, -0.25) is 14.4 Å². The highest BCUT2D eigenvalue weighted by Gasteiger charge is 2.26. The molecule has 0 bridgehead atoms. The molecule has 1 aromatic heterocycles. The van der Waals surface area contributed by atoms with Crippen molar-refractivity contribution in [3.05, 3.63) is 63.5 Å². The molecule has 0 aliphatic carbocycles. The lowest BCUT2D eigenvalue weighted by Gasteiger charge is -2.23. The Kier molecular flexibility index (Phi) is 9.92. The molecule has 36 heavy (non-hydrogen) atoms. The molecule has 2 aromatic rings. The van der Waals surface area contributed by atoms with E-state index in [-0.39, 0.29) is 46.6 Å². The van der Waals surface area contributed by atoms with Crippen molar-refractivity contribution in [1.82, 2.24) is 21.3 Å². The van der Waals surface area contributed by atoms with E-state index in [9.17, 15) is 24.3 Å². The van der Waals surface area contributed by atoms with Crippen LogP contribution in [0.1, 0.15) is 40.9 Å². The third-order valence-corrected chi connectivity index (χ3v) is 6.04. The number of carboxylic acids is 1. The monoisotopic (exact) mass is 536 g/mol. The molecule has 1 aliphatic rings. The van der Waals surface area contributed by atoms with Crippen LogP contribution in [0.4, 0.5) is 0 Å². The van der Waals surface area contributed by atoms with Crippen molar-refractivity contribution in [2.75, 3.05) is 13.1 Å². The number of aliphatic carboxylic acids is 1. The lowest BCUT2D eigenvalue weighted by atomic mass is 10.0. The van der Waals surface area contributed by atoms with Crippen molar-refractivity contribution in [3.8, 4) is 0 Å². The van der Waals surface area contributed by atoms with Gasteiger partial charge in [0.1, 0.15) is 11.8 Å². The van der Waals surface area contributed by atoms with E-state index in [0.29, 0.717) is 17.7 Å². The molecule has 0 spiro atoms. The quantitative estimate of drug-likeness (QED) is 0.292. The van der Waals surface area contributed by atoms with Crippen LogP contribution in [0.15, 0.2) is 41.0 Å². The first-order valence-corrected chi connectivity index (χ1v) is 12.0. The Labute approximate surface area is 217 Å². The first-order chi connectivity index (χ1) is 17.2. The van der Waals surface area contributed by atoms with E-state index in [1.165, 1.54) is 30.5 Å². The molecular formula is C24H26Cl2N4O6. The van der Waals surface area contributed by atoms with Gasteiger partial charge in [0, 0.05) is 19.2 Å². The minimum absolute atomic E-state index is 0.0186. The number of amides is 3. The molecule has 2 atom stereocenters. The van der Waals surface area contributed by atoms with Crippen molar-refractivity contribution in [2.45, 2.75) is 37.9 Å². The van der Waals surface area contributed by atoms with Gasteiger partial charge in [-0.15, -0.1) is 0 Å². The van der Waals surface area contributed by atoms with E-state index in [1.807, 2.05) is 0 Å². The van der Waals surface area contributed by atoms with Gasteiger partial charge in [-0.1, -0.05) is 29.6 Å². The van der Waals surface area contributed by atoms with Crippen LogP contribution in [-0.4, -0.2) is 54.0 Å². The third-order valence-electron chi connectivity index (χ3n) is 5.45. The fourth-order valence-electron chi connectivity index (χ4n) is 3.57. The normalized spacial score (nSPS) is 16.3. The zero-order valence-corrected chi connectivity index (χ0v) is 20.7. The van der Waals surface area contributed by atoms with Gasteiger partial charge in [0.15, 0.2) is 0 Å². The number of piperidine rings is 1. The average Bonchev–Trinajstić information content (AvgIpc) is 3.37. The molecule has 5 N–H and O–H groups in total. The zero-order valence-electron chi connectivity index (χ0n) is 19.2. The van der Waals surface area contributed by atoms with Crippen molar-refractivity contribution in [3.63, 3.8) is 0 Å². The largest absolute Gasteiger partial charge is 0.480 e. The van der Waals surface area contributed by atoms with Gasteiger partial charge in [-0.05, 0) is 55.3 Å². The van der Waals surface area contributed by atoms with E-state index in [1.54, 1.807) is 12.1 Å². The standard InChI is InChI=1S/C24H26Cl2N4O6/c25-16-10-14(12-28-20(31)7-6-15-4-3-9-36-15)11-17(26)21(16)23(33)30-19(24(34)35)13-29-22(32)18-5-1-2-8-27-18/h3-4,6-7,9-11,18-19,27H,1-2,5,8,12-13H2,(H,28,31)(H,29,32)(H,30,33)(H,34,35)/b7-6+. The van der Waals surface area contributed by atoms with Gasteiger partial charge in [0.05, 0.1) is 27.9 Å². The molecule has 10 nitrogen and oxygen atoms in total. The first kappa shape index (κ1) is 27.3. The maximum absolute atomic E-state index is 12.8. The van der Waals surface area contributed by atoms with Crippen LogP contribution in [0.25, 0.3) is 6.08 Å². The Hall–Kier alpha value is -3.34. The van der Waals surface area contributed by atoms with E-state index >= 15 is 0 Å². The Morgan fingerprint density at radius 3 is 2.53 bits per heavy atom. The number of furan rings is 1. The van der Waals surface area contributed by atoms with Crippen molar-refractivity contribution >= 4 is 53.0 Å². The fourth-order valence-corrected chi connectivity index (χ4v) is 4.27. The number of hydrogen-bond acceptors (Lipinski definition) is 6. The fraction of sp³-hybridized carbons (Fsp3) is 0.333. The molecule has 0 radical (unpaired) electrons. The van der Waals surface area contributed by atoms with Crippen molar-refractivity contribution in [2.24, 2.45) is 0 Å². The Bertz CT molecular complexity index is 1110. The van der Waals surface area contributed by atoms with Gasteiger partial charge in [-0.2, -0.15) is 0 Å². The minimum Gasteiger partial charge on any atom is -0.480 e. The van der Waals surface area contributed by atoms with Crippen LogP contribution in [0, 0.1) is 0 Å². The maximum atomic E-state index is 12.8. The molecule has 2 heterocycles. The summed E-state index contributed by atoms with van der Waals surface area (Å²) < 4.78 is 5.11. The summed E-state index contributed by atoms with van der Waals surface area (Å²) in [5.74, 6) is -2.31. The molecule has 3 rings (SSSR count). The zero-order chi connectivity index (χ0) is 26.1. The smallest absolute Gasteiger partial charge is 0.328 e. The highest BCUT2D eigenvalue weighted by molar-refractivity contribution is 6.39. The molecule has 1 saturated heterocycles. The molecule has 3 amide bonds. The number of carboxylic acid groups (broad SMARTS) is 1. The highest BCUT2D eigenvalue weighted by Crippen LogP contribution is 2.27. The Morgan fingerprint density at radius 1 is 1.17 bits per heavy atom. The molecule has 192 valence electrons. The Balaban J connectivity index is 1.57. The lowest BCUT2D eigenvalue weighted by Crippen LogP contribution is -2.53. The second kappa shape index (κ2) is 13.1. The van der Waals surface area contributed by atoms with Crippen molar-refractivity contribution in [1.29, 1.82) is 0 Å². The minimum atomic E-state index is -1.39. The van der Waals surface area contributed by atoms with Crippen LogP contribution in [-0.2, 0) is 20.9 Å². The summed E-state index contributed by atoms with van der Waals surface area (Å²) in [6.07, 6.45) is 6.85. The highest BCUT2D eigenvalue weighted by atomic mass is 35.5. The van der Waals surface area contributed by atoms with Crippen LogP contribution in [0.5, 0.6) is 0 Å². The molecule has 2 unspecified atom stereocenters. The summed E-state index contributed by atoms with van der Waals surface area (Å²) in [5.41, 5.74) is 0.418. The number of hydrogen-bond donors (Lipinski definition) is 5. The predicted octanol–water partition coefficient (Wildman–Crippen LogP) is 2.36. The van der Waals surface area contributed by atoms with Crippen LogP contribution < -0.4 is 21.3 Å². The van der Waals surface area contributed by atoms with Gasteiger partial charge in [0.2, 0.25) is 11.8 Å². The molecule has 12 heteroatoms. The summed E-state index contributed by atoms with van der Waals surface area (Å²) in [5, 5.41) is 20.1. The number of carbonyl (C=O) groups is 4. The van der Waals surface area contributed by atoms with E-state index in [4.69, 9.17) is 27.6 Å². The summed E-state index contributed by atoms with van der Waals surface area (Å²) in [4.78, 5) is 48.7. The van der Waals surface area contributed by atoms with Gasteiger partial charge >= 0.3 is 5.97 Å². The summed E-state index contributed by atoms with van der Waals surface area (Å²) in [6, 6.07) is 4.52. The number of nitrogens with one attached hydrogen (secondary N) is 4. The Morgan fingerprint density at radius 2 is 1.92 bits per heavy atom. The molecule has 1 aromatic carbocycles. The molecule has 1 aliphatic heterocycles. The number of benzene rings is 1. The maximum Gasteiger partial charge on any atom is 0.328 e. The number of rotatable bonds is 10. The molecular weight excluding hydrogens is 511 g/mol. The average molecular weight is 537 g/mol. The van der Waals surface area contributed by atoms with Crippen LogP contribution >= 0.6 is 23.2 Å². The second-order valence-electron chi connectivity index (χ2n) is 8.11. The topological polar surface area (TPSA) is 150 Å². The van der Waals surface area contributed by atoms with E-state index in [2.05, 4.69) is 21.3 Å². The molecule has 0 saturated carbocycles. The van der Waals surface area contributed by atoms with Crippen molar-refractivity contribution < 1.29 is 28.7 Å². The second-order valence-corrected chi connectivity index (χ2v) is 8.93. The summed E-state index contributed by atoms with van der Waals surface area (Å²) in [6.45, 7) is 0.500. The van der Waals surface area contributed by atoms with Crippen LogP contribution in [0.3, 0.4) is 0 Å². The SMILES string of the molecule is O=C(/C=C/c1ccco1)NCc1cc(Cl)c(C(=O)NC(CNC(=O)C2CCCCN2)C(=O)O)c(Cl)c1. The van der Waals surface area contributed by atoms with E-state index < -0.39 is 17.9 Å². The van der Waals surface area contributed by atoms with E-state index in [0.717, 1.165) is 19.4 Å². The lowest BCUT2D eigenvalue weighted by molar-refractivity contribution is -0.139. The van der Waals surface area contributed by atoms with Gasteiger partial charge in [0.25, 0.3) is 5.91 Å². The third kappa shape index (κ3) is 7.84. The van der Waals surface area contributed by atoms with Crippen LogP contribution in [0.2, 0.25) is 10.0 Å². The van der Waals surface area contributed by atoms with Gasteiger partial charge in [-0.25, -0.2) is 4.79 Å². The summed E-state index contributed by atoms with van der Waals surface area (Å²) in [7, 11) is 0. The van der Waals surface area contributed by atoms with Gasteiger partial charge < -0.3 is 30.8 Å². The summed E-state index contributed by atoms with van der Waals surface area (Å²) >= 11 is 12.5.